The van der Waals surface area contributed by atoms with Gasteiger partial charge in [-0.2, -0.15) is 0 Å². The molecule has 0 unspecified atom stereocenters. The number of benzene rings is 1. The van der Waals surface area contributed by atoms with Crippen molar-refractivity contribution in [3.8, 4) is 0 Å². The Bertz CT molecular complexity index is 479. The lowest BCUT2D eigenvalue weighted by Gasteiger charge is -2.35. The molecule has 3 rings (SSSR count). The van der Waals surface area contributed by atoms with Gasteiger partial charge in [-0.25, -0.2) is 0 Å². The van der Waals surface area contributed by atoms with E-state index in [4.69, 9.17) is 0 Å². The zero-order valence-electron chi connectivity index (χ0n) is 13.9. The fraction of sp³-hybridized carbons (Fsp3) is 0.611. The van der Waals surface area contributed by atoms with E-state index in [1.807, 2.05) is 6.07 Å². The van der Waals surface area contributed by atoms with Crippen LogP contribution in [0.1, 0.15) is 12.8 Å². The van der Waals surface area contributed by atoms with E-state index in [0.717, 1.165) is 39.3 Å². The first kappa shape index (κ1) is 16.3. The molecule has 0 atom stereocenters. The number of para-hydroxylation sites is 1. The fourth-order valence-corrected chi connectivity index (χ4v) is 3.42. The average molecular weight is 316 g/mol. The van der Waals surface area contributed by atoms with E-state index in [1.165, 1.54) is 31.6 Å². The van der Waals surface area contributed by atoms with Crippen molar-refractivity contribution in [2.45, 2.75) is 12.8 Å². The van der Waals surface area contributed by atoms with E-state index >= 15 is 0 Å². The number of amides is 1. The molecule has 2 fully saturated rings. The molecule has 23 heavy (non-hydrogen) atoms. The van der Waals surface area contributed by atoms with Crippen molar-refractivity contribution in [2.24, 2.45) is 0 Å². The number of carbonyl (C=O) groups is 1. The highest BCUT2D eigenvalue weighted by Crippen LogP contribution is 2.15. The Kier molecular flexibility index (Phi) is 5.88. The lowest BCUT2D eigenvalue weighted by atomic mass is 10.2. The fourth-order valence-electron chi connectivity index (χ4n) is 3.42. The van der Waals surface area contributed by atoms with Crippen LogP contribution in [0.3, 0.4) is 0 Å². The van der Waals surface area contributed by atoms with Gasteiger partial charge in [-0.15, -0.1) is 0 Å². The second kappa shape index (κ2) is 8.31. The SMILES string of the molecule is O=C(CN1CCN(c2ccccc2)CC1)NCCN1CCCC1. The van der Waals surface area contributed by atoms with Crippen LogP contribution in [0.2, 0.25) is 0 Å². The van der Waals surface area contributed by atoms with E-state index in [-0.39, 0.29) is 5.91 Å². The van der Waals surface area contributed by atoms with Crippen LogP contribution in [0.5, 0.6) is 0 Å². The van der Waals surface area contributed by atoms with Crippen molar-refractivity contribution < 1.29 is 4.79 Å². The van der Waals surface area contributed by atoms with Gasteiger partial charge < -0.3 is 15.1 Å². The van der Waals surface area contributed by atoms with Crippen LogP contribution in [-0.4, -0.2) is 74.6 Å². The normalized spacial score (nSPS) is 19.9. The molecule has 0 aromatic heterocycles. The van der Waals surface area contributed by atoms with Crippen molar-refractivity contribution in [1.29, 1.82) is 0 Å². The molecule has 1 aromatic carbocycles. The zero-order chi connectivity index (χ0) is 15.9. The third-order valence-electron chi connectivity index (χ3n) is 4.81. The van der Waals surface area contributed by atoms with Crippen LogP contribution in [0.4, 0.5) is 5.69 Å². The van der Waals surface area contributed by atoms with Gasteiger partial charge in [0.1, 0.15) is 0 Å². The maximum atomic E-state index is 12.1. The number of anilines is 1. The molecule has 2 heterocycles. The molecule has 0 saturated carbocycles. The monoisotopic (exact) mass is 316 g/mol. The number of rotatable bonds is 6. The molecule has 2 saturated heterocycles. The molecular weight excluding hydrogens is 288 g/mol. The molecule has 2 aliphatic heterocycles. The summed E-state index contributed by atoms with van der Waals surface area (Å²) >= 11 is 0. The Hall–Kier alpha value is -1.59. The van der Waals surface area contributed by atoms with Crippen LogP contribution in [0.15, 0.2) is 30.3 Å². The molecule has 0 radical (unpaired) electrons. The van der Waals surface area contributed by atoms with E-state index in [0.29, 0.717) is 6.54 Å². The second-order valence-electron chi connectivity index (χ2n) is 6.50. The summed E-state index contributed by atoms with van der Waals surface area (Å²) in [5.41, 5.74) is 1.28. The molecule has 126 valence electrons. The van der Waals surface area contributed by atoms with E-state index in [2.05, 4.69) is 44.3 Å². The van der Waals surface area contributed by atoms with E-state index < -0.39 is 0 Å². The molecule has 0 spiro atoms. The Morgan fingerprint density at radius 3 is 2.30 bits per heavy atom. The molecule has 5 nitrogen and oxygen atoms in total. The number of hydrogen-bond acceptors (Lipinski definition) is 4. The summed E-state index contributed by atoms with van der Waals surface area (Å²) in [6, 6.07) is 10.5. The zero-order valence-corrected chi connectivity index (χ0v) is 13.9. The Balaban J connectivity index is 1.32. The molecule has 0 aliphatic carbocycles. The highest BCUT2D eigenvalue weighted by Gasteiger charge is 2.19. The molecule has 2 aliphatic rings. The predicted octanol–water partition coefficient (Wildman–Crippen LogP) is 1.02. The number of carbonyl (C=O) groups excluding carboxylic acids is 1. The van der Waals surface area contributed by atoms with Crippen molar-refractivity contribution in [1.82, 2.24) is 15.1 Å². The number of nitrogens with zero attached hydrogens (tertiary/aromatic N) is 3. The van der Waals surface area contributed by atoms with Gasteiger partial charge in [-0.1, -0.05) is 18.2 Å². The van der Waals surface area contributed by atoms with Crippen LogP contribution >= 0.6 is 0 Å². The average Bonchev–Trinajstić information content (AvgIpc) is 3.10. The van der Waals surface area contributed by atoms with Gasteiger partial charge in [0.2, 0.25) is 5.91 Å². The number of piperazine rings is 1. The van der Waals surface area contributed by atoms with Crippen molar-refractivity contribution in [3.05, 3.63) is 30.3 Å². The van der Waals surface area contributed by atoms with Gasteiger partial charge in [-0.05, 0) is 38.1 Å². The molecule has 1 N–H and O–H groups in total. The van der Waals surface area contributed by atoms with Gasteiger partial charge >= 0.3 is 0 Å². The summed E-state index contributed by atoms with van der Waals surface area (Å²) in [6.07, 6.45) is 2.61. The Labute approximate surface area is 139 Å². The van der Waals surface area contributed by atoms with Crippen LogP contribution in [0.25, 0.3) is 0 Å². The molecular formula is C18H28N4O. The largest absolute Gasteiger partial charge is 0.369 e. The highest BCUT2D eigenvalue weighted by molar-refractivity contribution is 5.78. The standard InChI is InChI=1S/C18H28N4O/c23-18(19-8-11-20-9-4-5-10-20)16-21-12-14-22(15-13-21)17-6-2-1-3-7-17/h1-3,6-7H,4-5,8-16H2,(H,19,23). The summed E-state index contributed by atoms with van der Waals surface area (Å²) in [5, 5.41) is 3.06. The maximum absolute atomic E-state index is 12.1. The summed E-state index contributed by atoms with van der Waals surface area (Å²) < 4.78 is 0. The van der Waals surface area contributed by atoms with Gasteiger partial charge in [0.15, 0.2) is 0 Å². The first-order valence-corrected chi connectivity index (χ1v) is 8.83. The smallest absolute Gasteiger partial charge is 0.234 e. The van der Waals surface area contributed by atoms with Crippen molar-refractivity contribution in [3.63, 3.8) is 0 Å². The highest BCUT2D eigenvalue weighted by atomic mass is 16.2. The number of hydrogen-bond donors (Lipinski definition) is 1. The first-order valence-electron chi connectivity index (χ1n) is 8.83. The van der Waals surface area contributed by atoms with Gasteiger partial charge in [0.25, 0.3) is 0 Å². The van der Waals surface area contributed by atoms with Crippen molar-refractivity contribution >= 4 is 11.6 Å². The summed E-state index contributed by atoms with van der Waals surface area (Å²) in [7, 11) is 0. The lowest BCUT2D eigenvalue weighted by molar-refractivity contribution is -0.122. The third kappa shape index (κ3) is 4.94. The number of nitrogens with one attached hydrogen (secondary N) is 1. The minimum absolute atomic E-state index is 0.164. The van der Waals surface area contributed by atoms with Crippen LogP contribution in [-0.2, 0) is 4.79 Å². The molecule has 1 aromatic rings. The quantitative estimate of drug-likeness (QED) is 0.850. The van der Waals surface area contributed by atoms with Gasteiger partial charge in [0, 0.05) is 45.0 Å². The molecule has 1 amide bonds. The third-order valence-corrected chi connectivity index (χ3v) is 4.81. The summed E-state index contributed by atoms with van der Waals surface area (Å²) in [6.45, 7) is 8.58. The first-order chi connectivity index (χ1) is 11.3. The van der Waals surface area contributed by atoms with Crippen molar-refractivity contribution in [2.75, 3.05) is 63.8 Å². The Morgan fingerprint density at radius 1 is 0.913 bits per heavy atom. The Morgan fingerprint density at radius 2 is 1.61 bits per heavy atom. The predicted molar refractivity (Wildman–Crippen MR) is 93.8 cm³/mol. The van der Waals surface area contributed by atoms with Gasteiger partial charge in [0.05, 0.1) is 6.54 Å². The lowest BCUT2D eigenvalue weighted by Crippen LogP contribution is -2.50. The minimum Gasteiger partial charge on any atom is -0.369 e. The van der Waals surface area contributed by atoms with Crippen LogP contribution in [0, 0.1) is 0 Å². The summed E-state index contributed by atoms with van der Waals surface area (Å²) in [5.74, 6) is 0.164. The number of likely N-dealkylation sites (tertiary alicyclic amines) is 1. The topological polar surface area (TPSA) is 38.8 Å². The molecule has 0 bridgehead atoms. The van der Waals surface area contributed by atoms with Gasteiger partial charge in [-0.3, -0.25) is 9.69 Å². The minimum atomic E-state index is 0.164. The van der Waals surface area contributed by atoms with E-state index in [1.54, 1.807) is 0 Å². The molecule has 5 heteroatoms. The second-order valence-corrected chi connectivity index (χ2v) is 6.50. The van der Waals surface area contributed by atoms with Crippen LogP contribution < -0.4 is 10.2 Å². The van der Waals surface area contributed by atoms with E-state index in [9.17, 15) is 4.79 Å². The summed E-state index contributed by atoms with van der Waals surface area (Å²) in [4.78, 5) is 19.1. The maximum Gasteiger partial charge on any atom is 0.234 e.